The number of carboxylic acids is 1. The first-order valence-corrected chi connectivity index (χ1v) is 6.08. The van der Waals surface area contributed by atoms with Crippen molar-refractivity contribution in [3.63, 3.8) is 0 Å². The van der Waals surface area contributed by atoms with Crippen LogP contribution < -0.4 is 5.32 Å². The molecule has 1 unspecified atom stereocenters. The van der Waals surface area contributed by atoms with Crippen LogP contribution in [0.1, 0.15) is 43.5 Å². The van der Waals surface area contributed by atoms with E-state index >= 15 is 0 Å². The van der Waals surface area contributed by atoms with Gasteiger partial charge in [0, 0.05) is 25.2 Å². The molecule has 18 heavy (non-hydrogen) atoms. The number of carboxylic acid groups (broad SMARTS) is 1. The summed E-state index contributed by atoms with van der Waals surface area (Å²) >= 11 is 0. The summed E-state index contributed by atoms with van der Waals surface area (Å²) < 4.78 is 1.72. The van der Waals surface area contributed by atoms with Crippen molar-refractivity contribution in [1.29, 1.82) is 0 Å². The minimum absolute atomic E-state index is 0.0521. The molecule has 0 aromatic carbocycles. The number of hydrogen-bond donors (Lipinski definition) is 2. The molecule has 0 aliphatic heterocycles. The summed E-state index contributed by atoms with van der Waals surface area (Å²) in [6.45, 7) is 4.61. The summed E-state index contributed by atoms with van der Waals surface area (Å²) in [4.78, 5) is 22.2. The molecule has 0 radical (unpaired) electrons. The van der Waals surface area contributed by atoms with Crippen LogP contribution in [0.3, 0.4) is 0 Å². The van der Waals surface area contributed by atoms with Crippen molar-refractivity contribution in [3.8, 4) is 0 Å². The van der Waals surface area contributed by atoms with Crippen LogP contribution in [0, 0.1) is 0 Å². The molecule has 0 bridgehead atoms. The number of hydrogen-bond acceptors (Lipinski definition) is 3. The lowest BCUT2D eigenvalue weighted by molar-refractivity contribution is -0.137. The van der Waals surface area contributed by atoms with Crippen LogP contribution in [-0.4, -0.2) is 32.8 Å². The summed E-state index contributed by atoms with van der Waals surface area (Å²) in [7, 11) is 0. The van der Waals surface area contributed by atoms with Crippen molar-refractivity contribution in [2.45, 2.75) is 45.7 Å². The van der Waals surface area contributed by atoms with Gasteiger partial charge in [-0.05, 0) is 19.8 Å². The number of rotatable bonds is 7. The molecule has 1 aromatic rings. The zero-order chi connectivity index (χ0) is 13.5. The third-order valence-corrected chi connectivity index (χ3v) is 2.52. The molecule has 0 aliphatic carbocycles. The van der Waals surface area contributed by atoms with Gasteiger partial charge in [0.15, 0.2) is 0 Å². The molecule has 0 saturated heterocycles. The predicted molar refractivity (Wildman–Crippen MR) is 66.3 cm³/mol. The molecule has 6 heteroatoms. The van der Waals surface area contributed by atoms with E-state index in [1.807, 2.05) is 6.92 Å². The first kappa shape index (κ1) is 14.2. The van der Waals surface area contributed by atoms with Gasteiger partial charge in [-0.3, -0.25) is 14.3 Å². The fourth-order valence-corrected chi connectivity index (χ4v) is 1.55. The van der Waals surface area contributed by atoms with Crippen LogP contribution in [0.15, 0.2) is 12.4 Å². The van der Waals surface area contributed by atoms with Gasteiger partial charge in [0.05, 0.1) is 11.8 Å². The third-order valence-electron chi connectivity index (χ3n) is 2.52. The van der Waals surface area contributed by atoms with E-state index in [4.69, 9.17) is 5.11 Å². The minimum atomic E-state index is -0.855. The first-order valence-electron chi connectivity index (χ1n) is 6.08. The number of aliphatic carboxylic acids is 1. The van der Waals surface area contributed by atoms with E-state index in [9.17, 15) is 9.59 Å². The van der Waals surface area contributed by atoms with Crippen molar-refractivity contribution in [3.05, 3.63) is 18.0 Å². The summed E-state index contributed by atoms with van der Waals surface area (Å²) in [6, 6.07) is -0.164. The van der Waals surface area contributed by atoms with Crippen LogP contribution in [0.5, 0.6) is 0 Å². The molecule has 0 fully saturated rings. The van der Waals surface area contributed by atoms with Crippen LogP contribution in [-0.2, 0) is 11.3 Å². The van der Waals surface area contributed by atoms with Crippen LogP contribution >= 0.6 is 0 Å². The summed E-state index contributed by atoms with van der Waals surface area (Å²) in [6.07, 6.45) is 4.65. The lowest BCUT2D eigenvalue weighted by Crippen LogP contribution is -2.32. The molecular formula is C12H19N3O3. The Labute approximate surface area is 106 Å². The van der Waals surface area contributed by atoms with Crippen molar-refractivity contribution in [2.24, 2.45) is 0 Å². The molecular weight excluding hydrogens is 234 g/mol. The van der Waals surface area contributed by atoms with E-state index in [2.05, 4.69) is 10.4 Å². The SMILES string of the molecule is CCCn1cc(C(=O)NC(C)CCC(=O)O)cn1. The molecule has 0 saturated carbocycles. The smallest absolute Gasteiger partial charge is 0.303 e. The molecule has 100 valence electrons. The van der Waals surface area contributed by atoms with Gasteiger partial charge in [-0.2, -0.15) is 5.10 Å². The maximum absolute atomic E-state index is 11.8. The highest BCUT2D eigenvalue weighted by atomic mass is 16.4. The number of aromatic nitrogens is 2. The largest absolute Gasteiger partial charge is 0.481 e. The topological polar surface area (TPSA) is 84.2 Å². The monoisotopic (exact) mass is 253 g/mol. The number of nitrogens with zero attached hydrogens (tertiary/aromatic N) is 2. The molecule has 0 aliphatic rings. The van der Waals surface area contributed by atoms with Crippen LogP contribution in [0.2, 0.25) is 0 Å². The minimum Gasteiger partial charge on any atom is -0.481 e. The Hall–Kier alpha value is -1.85. The highest BCUT2D eigenvalue weighted by Gasteiger charge is 2.12. The zero-order valence-corrected chi connectivity index (χ0v) is 10.7. The predicted octanol–water partition coefficient (Wildman–Crippen LogP) is 1.28. The molecule has 1 atom stereocenters. The van der Waals surface area contributed by atoms with E-state index in [-0.39, 0.29) is 18.4 Å². The molecule has 2 N–H and O–H groups in total. The third kappa shape index (κ3) is 4.57. The highest BCUT2D eigenvalue weighted by Crippen LogP contribution is 2.02. The molecule has 1 heterocycles. The molecule has 0 spiro atoms. The van der Waals surface area contributed by atoms with Gasteiger partial charge in [0.2, 0.25) is 0 Å². The quantitative estimate of drug-likeness (QED) is 0.766. The van der Waals surface area contributed by atoms with Gasteiger partial charge in [0.25, 0.3) is 5.91 Å². The summed E-state index contributed by atoms with van der Waals surface area (Å²) in [5.41, 5.74) is 0.505. The summed E-state index contributed by atoms with van der Waals surface area (Å²) in [5.74, 6) is -1.07. The summed E-state index contributed by atoms with van der Waals surface area (Å²) in [5, 5.41) is 15.4. The first-order chi connectivity index (χ1) is 8.52. The van der Waals surface area contributed by atoms with E-state index in [1.54, 1.807) is 17.8 Å². The van der Waals surface area contributed by atoms with Crippen LogP contribution in [0.25, 0.3) is 0 Å². The normalized spacial score (nSPS) is 12.1. The lowest BCUT2D eigenvalue weighted by Gasteiger charge is -2.11. The number of nitrogens with one attached hydrogen (secondary N) is 1. The number of aryl methyl sites for hydroxylation is 1. The van der Waals surface area contributed by atoms with Gasteiger partial charge in [-0.1, -0.05) is 6.92 Å². The molecule has 1 aromatic heterocycles. The Bertz CT molecular complexity index is 414. The second kappa shape index (κ2) is 6.78. The second-order valence-electron chi connectivity index (χ2n) is 4.30. The average Bonchev–Trinajstić information content (AvgIpc) is 2.75. The average molecular weight is 253 g/mol. The van der Waals surface area contributed by atoms with Crippen molar-refractivity contribution < 1.29 is 14.7 Å². The standard InChI is InChI=1S/C12H19N3O3/c1-3-6-15-8-10(7-13-15)12(18)14-9(2)4-5-11(16)17/h7-9H,3-6H2,1-2H3,(H,14,18)(H,16,17). The fourth-order valence-electron chi connectivity index (χ4n) is 1.55. The van der Waals surface area contributed by atoms with E-state index < -0.39 is 5.97 Å². The Kier molecular flexibility index (Phi) is 5.35. The van der Waals surface area contributed by atoms with Gasteiger partial charge in [0.1, 0.15) is 0 Å². The Morgan fingerprint density at radius 3 is 2.89 bits per heavy atom. The highest BCUT2D eigenvalue weighted by molar-refractivity contribution is 5.93. The maximum atomic E-state index is 11.8. The number of carbonyl (C=O) groups is 2. The van der Waals surface area contributed by atoms with Gasteiger partial charge >= 0.3 is 5.97 Å². The van der Waals surface area contributed by atoms with E-state index in [1.165, 1.54) is 6.20 Å². The number of carbonyl (C=O) groups excluding carboxylic acids is 1. The Balaban J connectivity index is 2.45. The maximum Gasteiger partial charge on any atom is 0.303 e. The second-order valence-corrected chi connectivity index (χ2v) is 4.30. The van der Waals surface area contributed by atoms with Gasteiger partial charge in [-0.15, -0.1) is 0 Å². The lowest BCUT2D eigenvalue weighted by atomic mass is 10.2. The van der Waals surface area contributed by atoms with Crippen LogP contribution in [0.4, 0.5) is 0 Å². The Morgan fingerprint density at radius 1 is 1.56 bits per heavy atom. The van der Waals surface area contributed by atoms with Gasteiger partial charge < -0.3 is 10.4 Å². The zero-order valence-electron chi connectivity index (χ0n) is 10.7. The number of amides is 1. The molecule has 1 amide bonds. The molecule has 1 rings (SSSR count). The van der Waals surface area contributed by atoms with Crippen molar-refractivity contribution >= 4 is 11.9 Å². The van der Waals surface area contributed by atoms with E-state index in [0.29, 0.717) is 12.0 Å². The van der Waals surface area contributed by atoms with Crippen molar-refractivity contribution in [2.75, 3.05) is 0 Å². The molecule has 6 nitrogen and oxygen atoms in total. The Morgan fingerprint density at radius 2 is 2.28 bits per heavy atom. The fraction of sp³-hybridized carbons (Fsp3) is 0.583. The van der Waals surface area contributed by atoms with Crippen molar-refractivity contribution in [1.82, 2.24) is 15.1 Å². The van der Waals surface area contributed by atoms with Gasteiger partial charge in [-0.25, -0.2) is 0 Å². The van der Waals surface area contributed by atoms with E-state index in [0.717, 1.165) is 13.0 Å².